The predicted octanol–water partition coefficient (Wildman–Crippen LogP) is 5.65. The van der Waals surface area contributed by atoms with Crippen molar-refractivity contribution >= 4 is 16.9 Å². The lowest BCUT2D eigenvalue weighted by atomic mass is 9.72. The molecule has 1 aromatic carbocycles. The van der Waals surface area contributed by atoms with Gasteiger partial charge in [0.05, 0.1) is 24.6 Å². The van der Waals surface area contributed by atoms with E-state index >= 15 is 0 Å². The maximum absolute atomic E-state index is 11.7. The molecule has 0 unspecified atom stereocenters. The Morgan fingerprint density at radius 3 is 2.42 bits per heavy atom. The molecule has 0 spiro atoms. The third-order valence-electron chi connectivity index (χ3n) is 7.73. The fraction of sp³-hybridized carbons (Fsp3) is 0.643. The van der Waals surface area contributed by atoms with Crippen LogP contribution in [0.15, 0.2) is 30.3 Å². The summed E-state index contributed by atoms with van der Waals surface area (Å²) < 4.78 is 11.2. The number of fused-ring (bicyclic) bond motifs is 1. The van der Waals surface area contributed by atoms with Gasteiger partial charge in [0.25, 0.3) is 0 Å². The molecule has 2 aromatic rings. The van der Waals surface area contributed by atoms with Crippen molar-refractivity contribution in [1.29, 1.82) is 0 Å². The van der Waals surface area contributed by atoms with Gasteiger partial charge in [0.2, 0.25) is 0 Å². The molecule has 0 bridgehead atoms. The number of carbonyl (C=O) groups excluding carboxylic acids is 1. The minimum absolute atomic E-state index is 0.0632. The van der Waals surface area contributed by atoms with Crippen LogP contribution in [0.5, 0.6) is 5.75 Å². The van der Waals surface area contributed by atoms with Crippen LogP contribution in [-0.2, 0) is 16.0 Å². The van der Waals surface area contributed by atoms with Gasteiger partial charge in [0.1, 0.15) is 5.75 Å². The number of carbonyl (C=O) groups is 1. The van der Waals surface area contributed by atoms with E-state index in [1.165, 1.54) is 20.0 Å². The zero-order valence-corrected chi connectivity index (χ0v) is 20.8. The average Bonchev–Trinajstić information content (AvgIpc) is 2.82. The molecule has 2 fully saturated rings. The van der Waals surface area contributed by atoms with Gasteiger partial charge in [-0.05, 0) is 87.2 Å². The van der Waals surface area contributed by atoms with Gasteiger partial charge in [-0.2, -0.15) is 0 Å². The molecule has 1 saturated carbocycles. The molecule has 1 aromatic heterocycles. The number of ether oxygens (including phenoxy) is 2. The van der Waals surface area contributed by atoms with E-state index in [2.05, 4.69) is 56.0 Å². The van der Waals surface area contributed by atoms with Crippen molar-refractivity contribution < 1.29 is 14.3 Å². The van der Waals surface area contributed by atoms with Gasteiger partial charge >= 0.3 is 5.97 Å². The van der Waals surface area contributed by atoms with E-state index in [9.17, 15) is 4.79 Å². The number of esters is 1. The summed E-state index contributed by atoms with van der Waals surface area (Å²) in [6, 6.07) is 10.6. The topological polar surface area (TPSA) is 51.7 Å². The van der Waals surface area contributed by atoms with Crippen molar-refractivity contribution in [3.05, 3.63) is 36.0 Å². The summed E-state index contributed by atoms with van der Waals surface area (Å²) in [6.07, 6.45) is 7.84. The maximum atomic E-state index is 11.7. The molecule has 0 atom stereocenters. The first-order chi connectivity index (χ1) is 15.8. The van der Waals surface area contributed by atoms with Crippen LogP contribution in [0.1, 0.15) is 65.0 Å². The van der Waals surface area contributed by atoms with Crippen LogP contribution < -0.4 is 4.74 Å². The molecule has 5 nitrogen and oxygen atoms in total. The van der Waals surface area contributed by atoms with E-state index in [0.717, 1.165) is 80.0 Å². The quantitative estimate of drug-likeness (QED) is 0.531. The third-order valence-corrected chi connectivity index (χ3v) is 7.73. The summed E-state index contributed by atoms with van der Waals surface area (Å²) in [5, 5.41) is 1.14. The van der Waals surface area contributed by atoms with Crippen LogP contribution >= 0.6 is 0 Å². The molecule has 2 heterocycles. The summed E-state index contributed by atoms with van der Waals surface area (Å²) in [7, 11) is 1.48. The molecule has 0 amide bonds. The largest absolute Gasteiger partial charge is 0.490 e. The number of rotatable bonds is 6. The first kappa shape index (κ1) is 24.0. The number of likely N-dealkylation sites (tertiary alicyclic amines) is 1. The first-order valence-corrected chi connectivity index (χ1v) is 12.7. The Hall–Kier alpha value is -2.14. The lowest BCUT2D eigenvalue weighted by Crippen LogP contribution is -2.37. The number of piperidine rings is 1. The maximum Gasteiger partial charge on any atom is 0.308 e. The van der Waals surface area contributed by atoms with Gasteiger partial charge in [-0.15, -0.1) is 0 Å². The zero-order chi connectivity index (χ0) is 23.4. The minimum Gasteiger partial charge on any atom is -0.490 e. The molecule has 1 aliphatic carbocycles. The Labute approximate surface area is 198 Å². The normalized spacial score (nSPS) is 22.9. The van der Waals surface area contributed by atoms with Crippen LogP contribution in [0, 0.1) is 17.3 Å². The molecule has 0 radical (unpaired) electrons. The van der Waals surface area contributed by atoms with Crippen LogP contribution in [0.2, 0.25) is 0 Å². The molecule has 0 N–H and O–H groups in total. The Kier molecular flexibility index (Phi) is 7.58. The van der Waals surface area contributed by atoms with E-state index in [1.807, 2.05) is 0 Å². The van der Waals surface area contributed by atoms with Gasteiger partial charge in [0.15, 0.2) is 0 Å². The molecule has 1 aliphatic heterocycles. The molecule has 180 valence electrons. The summed E-state index contributed by atoms with van der Waals surface area (Å²) in [5.74, 6) is 1.77. The van der Waals surface area contributed by atoms with Crippen molar-refractivity contribution in [2.24, 2.45) is 17.3 Å². The Morgan fingerprint density at radius 1 is 1.03 bits per heavy atom. The highest BCUT2D eigenvalue weighted by molar-refractivity contribution is 5.80. The second-order valence-electron chi connectivity index (χ2n) is 11.0. The smallest absolute Gasteiger partial charge is 0.308 e. The lowest BCUT2D eigenvalue weighted by molar-refractivity contribution is -0.147. The Balaban J connectivity index is 1.28. The predicted molar refractivity (Wildman–Crippen MR) is 132 cm³/mol. The molecule has 33 heavy (non-hydrogen) atoms. The summed E-state index contributed by atoms with van der Waals surface area (Å²) in [6.45, 7) is 9.95. The van der Waals surface area contributed by atoms with Crippen LogP contribution in [0.4, 0.5) is 0 Å². The number of nitrogens with zero attached hydrogens (tertiary/aromatic N) is 2. The van der Waals surface area contributed by atoms with E-state index in [1.54, 1.807) is 0 Å². The fourth-order valence-electron chi connectivity index (χ4n) is 5.43. The van der Waals surface area contributed by atoms with E-state index in [0.29, 0.717) is 11.5 Å². The van der Waals surface area contributed by atoms with Crippen molar-refractivity contribution in [2.75, 3.05) is 26.7 Å². The second-order valence-corrected chi connectivity index (χ2v) is 11.0. The van der Waals surface area contributed by atoms with Gasteiger partial charge in [0, 0.05) is 24.0 Å². The van der Waals surface area contributed by atoms with Crippen molar-refractivity contribution in [2.45, 2.75) is 71.8 Å². The SMILES string of the molecule is COC(=O)C1CCN(CCc2ccc3cc(OC4CCC(C(C)(C)C)CC4)ccc3n2)CC1. The van der Waals surface area contributed by atoms with Crippen molar-refractivity contribution in [3.63, 3.8) is 0 Å². The average molecular weight is 453 g/mol. The van der Waals surface area contributed by atoms with Gasteiger partial charge in [-0.25, -0.2) is 0 Å². The van der Waals surface area contributed by atoms with E-state index in [-0.39, 0.29) is 11.9 Å². The van der Waals surface area contributed by atoms with Crippen LogP contribution in [0.25, 0.3) is 10.9 Å². The number of methoxy groups -OCH3 is 1. The van der Waals surface area contributed by atoms with Crippen LogP contribution in [-0.4, -0.2) is 48.7 Å². The molecule has 4 rings (SSSR count). The van der Waals surface area contributed by atoms with Gasteiger partial charge in [-0.3, -0.25) is 9.78 Å². The number of hydrogen-bond donors (Lipinski definition) is 0. The molecular formula is C28H40N2O3. The first-order valence-electron chi connectivity index (χ1n) is 12.7. The second kappa shape index (κ2) is 10.4. The van der Waals surface area contributed by atoms with Crippen LogP contribution in [0.3, 0.4) is 0 Å². The van der Waals surface area contributed by atoms with Gasteiger partial charge < -0.3 is 14.4 Å². The highest BCUT2D eigenvalue weighted by atomic mass is 16.5. The summed E-state index contributed by atoms with van der Waals surface area (Å²) in [4.78, 5) is 19.0. The Bertz CT molecular complexity index is 936. The molecule has 2 aliphatic rings. The molecular weight excluding hydrogens is 412 g/mol. The standard InChI is InChI=1S/C28H40N2O3/c1-28(2,3)22-6-9-24(10-7-22)33-25-11-12-26-21(19-25)5-8-23(29-26)15-18-30-16-13-20(14-17-30)27(31)32-4/h5,8,11-12,19-20,22,24H,6-7,9-10,13-18H2,1-4H3. The highest BCUT2D eigenvalue weighted by Gasteiger charge is 2.30. The lowest BCUT2D eigenvalue weighted by Gasteiger charge is -2.36. The van der Waals surface area contributed by atoms with E-state index < -0.39 is 0 Å². The van der Waals surface area contributed by atoms with Gasteiger partial charge in [-0.1, -0.05) is 26.8 Å². The fourth-order valence-corrected chi connectivity index (χ4v) is 5.43. The Morgan fingerprint density at radius 2 is 1.76 bits per heavy atom. The number of hydrogen-bond acceptors (Lipinski definition) is 5. The molecule has 5 heteroatoms. The third kappa shape index (κ3) is 6.26. The van der Waals surface area contributed by atoms with Crippen molar-refractivity contribution in [1.82, 2.24) is 9.88 Å². The molecule has 1 saturated heterocycles. The minimum atomic E-state index is -0.0632. The summed E-state index contributed by atoms with van der Waals surface area (Å²) >= 11 is 0. The number of pyridine rings is 1. The monoisotopic (exact) mass is 452 g/mol. The van der Waals surface area contributed by atoms with E-state index in [4.69, 9.17) is 14.5 Å². The highest BCUT2D eigenvalue weighted by Crippen LogP contribution is 2.39. The number of aromatic nitrogens is 1. The number of benzene rings is 1. The summed E-state index contributed by atoms with van der Waals surface area (Å²) in [5.41, 5.74) is 2.55. The van der Waals surface area contributed by atoms with Crippen molar-refractivity contribution in [3.8, 4) is 5.75 Å². The zero-order valence-electron chi connectivity index (χ0n) is 20.8.